The highest BCUT2D eigenvalue weighted by molar-refractivity contribution is 5.87. The van der Waals surface area contributed by atoms with Gasteiger partial charge in [-0.2, -0.15) is 5.10 Å². The van der Waals surface area contributed by atoms with Gasteiger partial charge in [0.2, 0.25) is 0 Å². The van der Waals surface area contributed by atoms with Gasteiger partial charge in [0, 0.05) is 16.8 Å². The molecule has 1 N–H and O–H groups in total. The maximum absolute atomic E-state index is 11.2. The molecule has 20 heavy (non-hydrogen) atoms. The third-order valence-corrected chi connectivity index (χ3v) is 3.72. The fraction of sp³-hybridized carbons (Fsp3) is 0.333. The summed E-state index contributed by atoms with van der Waals surface area (Å²) in [5, 5.41) is 13.5. The largest absolute Gasteiger partial charge is 0.496 e. The second-order valence-electron chi connectivity index (χ2n) is 4.90. The van der Waals surface area contributed by atoms with Crippen LogP contribution < -0.4 is 4.74 Å². The molecule has 1 aliphatic carbocycles. The lowest BCUT2D eigenvalue weighted by atomic mass is 10.2. The quantitative estimate of drug-likeness (QED) is 0.926. The van der Waals surface area contributed by atoms with E-state index in [0.717, 1.165) is 41.8 Å². The van der Waals surface area contributed by atoms with Crippen LogP contribution >= 0.6 is 0 Å². The Kier molecular flexibility index (Phi) is 3.18. The average molecular weight is 272 g/mol. The van der Waals surface area contributed by atoms with Gasteiger partial charge >= 0.3 is 5.97 Å². The highest BCUT2D eigenvalue weighted by atomic mass is 16.5. The van der Waals surface area contributed by atoms with E-state index in [4.69, 9.17) is 4.74 Å². The topological polar surface area (TPSA) is 64.4 Å². The molecule has 0 radical (unpaired) electrons. The Hall–Kier alpha value is -2.30. The number of para-hydroxylation sites is 1. The Morgan fingerprint density at radius 2 is 2.20 bits per heavy atom. The zero-order valence-electron chi connectivity index (χ0n) is 11.3. The van der Waals surface area contributed by atoms with Gasteiger partial charge in [-0.1, -0.05) is 18.2 Å². The van der Waals surface area contributed by atoms with Crippen LogP contribution in [0.2, 0.25) is 0 Å². The van der Waals surface area contributed by atoms with E-state index in [1.54, 1.807) is 7.11 Å². The van der Waals surface area contributed by atoms with Crippen molar-refractivity contribution in [3.8, 4) is 5.75 Å². The molecule has 3 rings (SSSR count). The van der Waals surface area contributed by atoms with Crippen LogP contribution in [-0.4, -0.2) is 28.0 Å². The summed E-state index contributed by atoms with van der Waals surface area (Å²) in [4.78, 5) is 11.2. The lowest BCUT2D eigenvalue weighted by Gasteiger charge is -2.10. The first-order valence-corrected chi connectivity index (χ1v) is 6.64. The van der Waals surface area contributed by atoms with E-state index >= 15 is 0 Å². The first kappa shape index (κ1) is 12.7. The molecule has 5 heteroatoms. The predicted octanol–water partition coefficient (Wildman–Crippen LogP) is 2.13. The molecule has 1 aromatic carbocycles. The van der Waals surface area contributed by atoms with Crippen molar-refractivity contribution in [2.75, 3.05) is 7.11 Å². The minimum Gasteiger partial charge on any atom is -0.496 e. The molecule has 0 aliphatic heterocycles. The first-order valence-electron chi connectivity index (χ1n) is 6.64. The molecule has 0 spiro atoms. The smallest absolute Gasteiger partial charge is 0.356 e. The molecule has 0 saturated heterocycles. The van der Waals surface area contributed by atoms with Gasteiger partial charge in [-0.3, -0.25) is 4.68 Å². The molecule has 5 nitrogen and oxygen atoms in total. The summed E-state index contributed by atoms with van der Waals surface area (Å²) >= 11 is 0. The van der Waals surface area contributed by atoms with E-state index in [9.17, 15) is 9.90 Å². The number of methoxy groups -OCH3 is 1. The molecular weight excluding hydrogens is 256 g/mol. The highest BCUT2D eigenvalue weighted by Gasteiger charge is 2.26. The number of aromatic nitrogens is 2. The number of hydrogen-bond donors (Lipinski definition) is 1. The van der Waals surface area contributed by atoms with E-state index in [1.807, 2.05) is 28.9 Å². The second-order valence-corrected chi connectivity index (χ2v) is 4.90. The molecule has 2 aromatic rings. The molecule has 1 aromatic heterocycles. The second kappa shape index (κ2) is 5.00. The van der Waals surface area contributed by atoms with Gasteiger partial charge in [0.05, 0.1) is 13.7 Å². The van der Waals surface area contributed by atoms with Crippen molar-refractivity contribution in [1.82, 2.24) is 9.78 Å². The van der Waals surface area contributed by atoms with Crippen LogP contribution in [0, 0.1) is 0 Å². The minimum absolute atomic E-state index is 0.201. The van der Waals surface area contributed by atoms with Crippen molar-refractivity contribution in [3.05, 3.63) is 46.8 Å². The van der Waals surface area contributed by atoms with Crippen molar-refractivity contribution in [3.63, 3.8) is 0 Å². The number of nitrogens with zero attached hydrogens (tertiary/aromatic N) is 2. The Balaban J connectivity index is 1.99. The number of carbonyl (C=O) groups is 1. The monoisotopic (exact) mass is 272 g/mol. The Labute approximate surface area is 116 Å². The van der Waals surface area contributed by atoms with Crippen LogP contribution in [0.15, 0.2) is 24.3 Å². The Morgan fingerprint density at radius 1 is 1.40 bits per heavy atom. The number of aromatic carboxylic acids is 1. The number of hydrogen-bond acceptors (Lipinski definition) is 3. The molecule has 0 fully saturated rings. The third-order valence-electron chi connectivity index (χ3n) is 3.72. The van der Waals surface area contributed by atoms with E-state index in [2.05, 4.69) is 5.10 Å². The molecular formula is C15H16N2O3. The van der Waals surface area contributed by atoms with Crippen LogP contribution in [0.25, 0.3) is 0 Å². The van der Waals surface area contributed by atoms with Gasteiger partial charge in [0.25, 0.3) is 0 Å². The summed E-state index contributed by atoms with van der Waals surface area (Å²) in [7, 11) is 1.63. The van der Waals surface area contributed by atoms with Crippen molar-refractivity contribution in [2.24, 2.45) is 0 Å². The molecule has 0 unspecified atom stereocenters. The van der Waals surface area contributed by atoms with Crippen LogP contribution in [0.4, 0.5) is 0 Å². The van der Waals surface area contributed by atoms with Gasteiger partial charge in [-0.15, -0.1) is 0 Å². The zero-order chi connectivity index (χ0) is 14.1. The number of ether oxygens (including phenoxy) is 1. The average Bonchev–Trinajstić information content (AvgIpc) is 3.03. The SMILES string of the molecule is COc1ccccc1Cn1nc(C(=O)O)c2c1CCC2. The normalized spacial score (nSPS) is 13.2. The summed E-state index contributed by atoms with van der Waals surface area (Å²) in [6.07, 6.45) is 2.70. The number of fused-ring (bicyclic) bond motifs is 1. The maximum Gasteiger partial charge on any atom is 0.356 e. The Bertz CT molecular complexity index is 661. The van der Waals surface area contributed by atoms with Crippen LogP contribution in [-0.2, 0) is 19.4 Å². The van der Waals surface area contributed by atoms with Crippen molar-refractivity contribution < 1.29 is 14.6 Å². The lowest BCUT2D eigenvalue weighted by Crippen LogP contribution is -2.08. The van der Waals surface area contributed by atoms with E-state index in [0.29, 0.717) is 6.54 Å². The predicted molar refractivity (Wildman–Crippen MR) is 73.3 cm³/mol. The van der Waals surface area contributed by atoms with Gasteiger partial charge in [-0.05, 0) is 25.3 Å². The molecule has 0 amide bonds. The van der Waals surface area contributed by atoms with E-state index in [-0.39, 0.29) is 5.69 Å². The third kappa shape index (κ3) is 2.05. The Morgan fingerprint density at radius 3 is 2.95 bits per heavy atom. The van der Waals surface area contributed by atoms with Gasteiger partial charge in [-0.25, -0.2) is 4.79 Å². The lowest BCUT2D eigenvalue weighted by molar-refractivity contribution is 0.0688. The molecule has 0 saturated carbocycles. The van der Waals surface area contributed by atoms with Gasteiger partial charge in [0.1, 0.15) is 5.75 Å². The maximum atomic E-state index is 11.2. The summed E-state index contributed by atoms with van der Waals surface area (Å²) in [6, 6.07) is 7.73. The van der Waals surface area contributed by atoms with Crippen LogP contribution in [0.3, 0.4) is 0 Å². The molecule has 1 aliphatic rings. The van der Waals surface area contributed by atoms with Crippen molar-refractivity contribution in [2.45, 2.75) is 25.8 Å². The summed E-state index contributed by atoms with van der Waals surface area (Å²) < 4.78 is 7.14. The van der Waals surface area contributed by atoms with Crippen LogP contribution in [0.5, 0.6) is 5.75 Å². The summed E-state index contributed by atoms with van der Waals surface area (Å²) in [5.74, 6) is -0.145. The zero-order valence-corrected chi connectivity index (χ0v) is 11.3. The molecule has 0 atom stereocenters. The molecule has 0 bridgehead atoms. The number of benzene rings is 1. The molecule has 1 heterocycles. The fourth-order valence-corrected chi connectivity index (χ4v) is 2.81. The van der Waals surface area contributed by atoms with Crippen LogP contribution in [0.1, 0.15) is 33.7 Å². The van der Waals surface area contributed by atoms with E-state index in [1.165, 1.54) is 0 Å². The number of carboxylic acids is 1. The van der Waals surface area contributed by atoms with E-state index < -0.39 is 5.97 Å². The summed E-state index contributed by atoms with van der Waals surface area (Å²) in [6.45, 7) is 0.541. The van der Waals surface area contributed by atoms with Gasteiger partial charge < -0.3 is 9.84 Å². The highest BCUT2D eigenvalue weighted by Crippen LogP contribution is 2.27. The minimum atomic E-state index is -0.943. The fourth-order valence-electron chi connectivity index (χ4n) is 2.81. The van der Waals surface area contributed by atoms with Crippen molar-refractivity contribution in [1.29, 1.82) is 0 Å². The van der Waals surface area contributed by atoms with Crippen molar-refractivity contribution >= 4 is 5.97 Å². The number of carboxylic acid groups (broad SMARTS) is 1. The first-order chi connectivity index (χ1) is 9.70. The standard InChI is InChI=1S/C15H16N2O3/c1-20-13-8-3-2-5-10(13)9-17-12-7-4-6-11(12)14(16-17)15(18)19/h2-3,5,8H,4,6-7,9H2,1H3,(H,18,19). The molecule has 104 valence electrons. The van der Waals surface area contributed by atoms with Gasteiger partial charge in [0.15, 0.2) is 5.69 Å². The number of rotatable bonds is 4. The summed E-state index contributed by atoms with van der Waals surface area (Å²) in [5.41, 5.74) is 3.15.